The zero-order valence-corrected chi connectivity index (χ0v) is 12.5. The highest BCUT2D eigenvalue weighted by Crippen LogP contribution is 2.14. The number of benzene rings is 2. The van der Waals surface area contributed by atoms with Crippen LogP contribution in [0.4, 0.5) is 5.69 Å². The molecular formula is C17H21N3O. The Kier molecular flexibility index (Phi) is 4.95. The van der Waals surface area contributed by atoms with Crippen LogP contribution >= 0.6 is 0 Å². The quantitative estimate of drug-likeness (QED) is 0.633. The molecule has 0 heterocycles. The number of anilines is 1. The van der Waals surface area contributed by atoms with Crippen molar-refractivity contribution in [1.82, 2.24) is 0 Å². The average molecular weight is 283 g/mol. The maximum Gasteiger partial charge on any atom is 0.123 e. The third-order valence-corrected chi connectivity index (χ3v) is 3.29. The maximum atomic E-state index is 7.56. The van der Waals surface area contributed by atoms with E-state index in [0.717, 1.165) is 16.7 Å². The van der Waals surface area contributed by atoms with Crippen LogP contribution in [-0.2, 0) is 18.0 Å². The summed E-state index contributed by atoms with van der Waals surface area (Å²) < 4.78 is 5.73. The van der Waals surface area contributed by atoms with Crippen molar-refractivity contribution in [1.29, 1.82) is 5.41 Å². The predicted octanol–water partition coefficient (Wildman–Crippen LogP) is 2.75. The Bertz CT molecular complexity index is 606. The zero-order valence-electron chi connectivity index (χ0n) is 12.5. The molecule has 0 aliphatic carbocycles. The number of nitrogens with two attached hydrogens (primary N) is 1. The molecule has 0 amide bonds. The van der Waals surface area contributed by atoms with Gasteiger partial charge < -0.3 is 15.4 Å². The topological polar surface area (TPSA) is 62.3 Å². The van der Waals surface area contributed by atoms with E-state index in [9.17, 15) is 0 Å². The minimum absolute atomic E-state index is 0.0736. The van der Waals surface area contributed by atoms with E-state index in [-0.39, 0.29) is 5.84 Å². The van der Waals surface area contributed by atoms with E-state index in [2.05, 4.69) is 29.2 Å². The van der Waals surface area contributed by atoms with Gasteiger partial charge in [-0.05, 0) is 23.3 Å². The van der Waals surface area contributed by atoms with Crippen LogP contribution in [0.25, 0.3) is 0 Å². The first-order chi connectivity index (χ1) is 10.1. The Balaban J connectivity index is 1.94. The van der Waals surface area contributed by atoms with Crippen molar-refractivity contribution in [2.24, 2.45) is 5.73 Å². The lowest BCUT2D eigenvalue weighted by atomic mass is 10.1. The molecule has 2 rings (SSSR count). The number of ether oxygens (including phenoxy) is 1. The molecule has 0 aromatic heterocycles. The van der Waals surface area contributed by atoms with E-state index in [0.29, 0.717) is 13.2 Å². The molecule has 0 bridgehead atoms. The van der Waals surface area contributed by atoms with Crippen LogP contribution in [0, 0.1) is 5.41 Å². The Hall–Kier alpha value is -2.33. The van der Waals surface area contributed by atoms with Crippen LogP contribution in [0.15, 0.2) is 48.5 Å². The van der Waals surface area contributed by atoms with E-state index in [1.165, 1.54) is 5.69 Å². The molecule has 0 fully saturated rings. The van der Waals surface area contributed by atoms with Crippen LogP contribution in [0.2, 0.25) is 0 Å². The standard InChI is InChI=1S/C17H21N3O/c1-20(2)15-9-7-13(8-10-15)11-21-12-14-5-3-4-6-16(14)17(18)19/h3-10H,11-12H2,1-2H3,(H3,18,19). The Morgan fingerprint density at radius 3 is 2.33 bits per heavy atom. The summed E-state index contributed by atoms with van der Waals surface area (Å²) in [6.45, 7) is 0.991. The summed E-state index contributed by atoms with van der Waals surface area (Å²) in [7, 11) is 4.04. The fraction of sp³-hybridized carbons (Fsp3) is 0.235. The first kappa shape index (κ1) is 15.1. The Labute approximate surface area is 125 Å². The predicted molar refractivity (Wildman–Crippen MR) is 86.7 cm³/mol. The van der Waals surface area contributed by atoms with E-state index >= 15 is 0 Å². The molecule has 0 saturated heterocycles. The maximum absolute atomic E-state index is 7.56. The number of hydrogen-bond acceptors (Lipinski definition) is 3. The van der Waals surface area contributed by atoms with E-state index in [1.54, 1.807) is 0 Å². The smallest absolute Gasteiger partial charge is 0.123 e. The molecule has 0 unspecified atom stereocenters. The van der Waals surface area contributed by atoms with Crippen LogP contribution in [0.1, 0.15) is 16.7 Å². The van der Waals surface area contributed by atoms with Gasteiger partial charge in [0, 0.05) is 25.3 Å². The lowest BCUT2D eigenvalue weighted by Crippen LogP contribution is -2.14. The van der Waals surface area contributed by atoms with Gasteiger partial charge in [0.25, 0.3) is 0 Å². The number of nitrogens with zero attached hydrogens (tertiary/aromatic N) is 1. The number of amidine groups is 1. The molecule has 0 atom stereocenters. The van der Waals surface area contributed by atoms with Crippen LogP contribution in [0.5, 0.6) is 0 Å². The Morgan fingerprint density at radius 1 is 1.05 bits per heavy atom. The van der Waals surface area contributed by atoms with E-state index in [4.69, 9.17) is 15.9 Å². The molecule has 4 heteroatoms. The van der Waals surface area contributed by atoms with Gasteiger partial charge in [0.1, 0.15) is 5.84 Å². The highest BCUT2D eigenvalue weighted by Gasteiger charge is 2.04. The third-order valence-electron chi connectivity index (χ3n) is 3.29. The largest absolute Gasteiger partial charge is 0.384 e. The lowest BCUT2D eigenvalue weighted by molar-refractivity contribution is 0.107. The van der Waals surface area contributed by atoms with Gasteiger partial charge in [0.2, 0.25) is 0 Å². The second kappa shape index (κ2) is 6.90. The van der Waals surface area contributed by atoms with Crippen molar-refractivity contribution >= 4 is 11.5 Å². The van der Waals surface area contributed by atoms with Crippen molar-refractivity contribution in [2.45, 2.75) is 13.2 Å². The summed E-state index contributed by atoms with van der Waals surface area (Å²) in [6, 6.07) is 15.8. The van der Waals surface area contributed by atoms with Gasteiger partial charge in [0.05, 0.1) is 13.2 Å². The van der Waals surface area contributed by atoms with E-state index < -0.39 is 0 Å². The minimum Gasteiger partial charge on any atom is -0.384 e. The Morgan fingerprint density at radius 2 is 1.71 bits per heavy atom. The summed E-state index contributed by atoms with van der Waals surface area (Å²) in [5.41, 5.74) is 9.53. The molecule has 3 N–H and O–H groups in total. The van der Waals surface area contributed by atoms with Crippen molar-refractivity contribution in [3.8, 4) is 0 Å². The van der Waals surface area contributed by atoms with Gasteiger partial charge in [-0.15, -0.1) is 0 Å². The van der Waals surface area contributed by atoms with Crippen LogP contribution in [-0.4, -0.2) is 19.9 Å². The van der Waals surface area contributed by atoms with Gasteiger partial charge in [-0.1, -0.05) is 36.4 Å². The van der Waals surface area contributed by atoms with Crippen LogP contribution < -0.4 is 10.6 Å². The van der Waals surface area contributed by atoms with Gasteiger partial charge >= 0.3 is 0 Å². The second-order valence-corrected chi connectivity index (χ2v) is 5.12. The summed E-state index contributed by atoms with van der Waals surface area (Å²) in [6.07, 6.45) is 0. The van der Waals surface area contributed by atoms with Crippen molar-refractivity contribution in [3.63, 3.8) is 0 Å². The fourth-order valence-electron chi connectivity index (χ4n) is 2.08. The average Bonchev–Trinajstić information content (AvgIpc) is 2.48. The minimum atomic E-state index is 0.0736. The van der Waals surface area contributed by atoms with Gasteiger partial charge in [-0.3, -0.25) is 5.41 Å². The van der Waals surface area contributed by atoms with Gasteiger partial charge in [-0.25, -0.2) is 0 Å². The summed E-state index contributed by atoms with van der Waals surface area (Å²) >= 11 is 0. The molecule has 0 aliphatic heterocycles. The molecule has 0 aliphatic rings. The van der Waals surface area contributed by atoms with Crippen molar-refractivity contribution < 1.29 is 4.74 Å². The highest BCUT2D eigenvalue weighted by atomic mass is 16.5. The number of nitrogens with one attached hydrogen (secondary N) is 1. The zero-order chi connectivity index (χ0) is 15.2. The SMILES string of the molecule is CN(C)c1ccc(COCc2ccccc2C(=N)N)cc1. The normalized spacial score (nSPS) is 10.4. The molecule has 2 aromatic carbocycles. The lowest BCUT2D eigenvalue weighted by Gasteiger charge is -2.13. The number of hydrogen-bond donors (Lipinski definition) is 2. The van der Waals surface area contributed by atoms with Gasteiger partial charge in [-0.2, -0.15) is 0 Å². The van der Waals surface area contributed by atoms with E-state index in [1.807, 2.05) is 38.4 Å². The molecule has 4 nitrogen and oxygen atoms in total. The number of nitrogen functional groups attached to an aromatic ring is 1. The van der Waals surface area contributed by atoms with Crippen LogP contribution in [0.3, 0.4) is 0 Å². The first-order valence-corrected chi connectivity index (χ1v) is 6.84. The monoisotopic (exact) mass is 283 g/mol. The molecule has 0 spiro atoms. The summed E-state index contributed by atoms with van der Waals surface area (Å²) in [5, 5.41) is 7.56. The fourth-order valence-corrected chi connectivity index (χ4v) is 2.08. The molecule has 110 valence electrons. The van der Waals surface area contributed by atoms with Crippen molar-refractivity contribution in [2.75, 3.05) is 19.0 Å². The molecule has 0 radical (unpaired) electrons. The molecule has 2 aromatic rings. The second-order valence-electron chi connectivity index (χ2n) is 5.12. The summed E-state index contributed by atoms with van der Waals surface area (Å²) in [4.78, 5) is 2.06. The highest BCUT2D eigenvalue weighted by molar-refractivity contribution is 5.96. The molecular weight excluding hydrogens is 262 g/mol. The van der Waals surface area contributed by atoms with Gasteiger partial charge in [0.15, 0.2) is 0 Å². The first-order valence-electron chi connectivity index (χ1n) is 6.84. The third kappa shape index (κ3) is 4.07. The number of rotatable bonds is 6. The van der Waals surface area contributed by atoms with Crippen molar-refractivity contribution in [3.05, 3.63) is 65.2 Å². The molecule has 21 heavy (non-hydrogen) atoms. The molecule has 0 saturated carbocycles. The summed E-state index contributed by atoms with van der Waals surface area (Å²) in [5.74, 6) is 0.0736.